The molecule has 3 aromatic rings. The maximum atomic E-state index is 12.5. The third-order valence-electron chi connectivity index (χ3n) is 4.71. The van der Waals surface area contributed by atoms with E-state index >= 15 is 0 Å². The normalized spacial score (nSPS) is 11.0. The molecule has 0 aliphatic rings. The van der Waals surface area contributed by atoms with Gasteiger partial charge in [0.15, 0.2) is 0 Å². The number of nitrogens with two attached hydrogens (primary N) is 1. The monoisotopic (exact) mass is 398 g/mol. The van der Waals surface area contributed by atoms with Crippen LogP contribution in [0.25, 0.3) is 11.5 Å². The van der Waals surface area contributed by atoms with Gasteiger partial charge in [-0.2, -0.15) is 0 Å². The number of nitrogen functional groups attached to an aromatic ring is 1. The molecule has 0 fully saturated rings. The highest BCUT2D eigenvalue weighted by Gasteiger charge is 2.20. The Morgan fingerprint density at radius 1 is 1.24 bits per heavy atom. The summed E-state index contributed by atoms with van der Waals surface area (Å²) in [4.78, 5) is 28.7. The molecule has 29 heavy (non-hydrogen) atoms. The molecule has 0 unspecified atom stereocenters. The fourth-order valence-electron chi connectivity index (χ4n) is 3.15. The number of rotatable bonds is 8. The van der Waals surface area contributed by atoms with Gasteiger partial charge in [-0.1, -0.05) is 31.0 Å². The van der Waals surface area contributed by atoms with Crippen molar-refractivity contribution < 1.29 is 4.42 Å². The second-order valence-electron chi connectivity index (χ2n) is 6.88. The van der Waals surface area contributed by atoms with E-state index in [0.717, 1.165) is 24.0 Å². The Morgan fingerprint density at radius 3 is 2.72 bits per heavy atom. The first-order chi connectivity index (χ1) is 13.9. The Bertz CT molecular complexity index is 1100. The minimum absolute atomic E-state index is 0.146. The molecule has 0 aliphatic heterocycles. The molecule has 0 spiro atoms. The van der Waals surface area contributed by atoms with E-state index in [0.29, 0.717) is 24.9 Å². The van der Waals surface area contributed by atoms with E-state index < -0.39 is 11.2 Å². The molecule has 0 atom stereocenters. The SMILES string of the molecule is CCCCn1c(N)c(N(CC)Cc2nnc(-c3cccc(C)c3)o2)c(=O)[nH]c1=O. The number of nitrogens with one attached hydrogen (secondary N) is 1. The maximum Gasteiger partial charge on any atom is 0.330 e. The topological polar surface area (TPSA) is 123 Å². The van der Waals surface area contributed by atoms with Gasteiger partial charge in [-0.05, 0) is 32.4 Å². The quantitative estimate of drug-likeness (QED) is 0.597. The van der Waals surface area contributed by atoms with Crippen LogP contribution in [-0.2, 0) is 13.1 Å². The fourth-order valence-corrected chi connectivity index (χ4v) is 3.15. The first kappa shape index (κ1) is 20.4. The predicted octanol–water partition coefficient (Wildman–Crippen LogP) is 2.30. The van der Waals surface area contributed by atoms with Crippen LogP contribution in [-0.4, -0.2) is 26.3 Å². The van der Waals surface area contributed by atoms with E-state index in [9.17, 15) is 9.59 Å². The van der Waals surface area contributed by atoms with Crippen LogP contribution in [0.1, 0.15) is 38.1 Å². The third kappa shape index (κ3) is 4.39. The van der Waals surface area contributed by atoms with E-state index in [1.807, 2.05) is 45.0 Å². The molecule has 3 N–H and O–H groups in total. The van der Waals surface area contributed by atoms with Gasteiger partial charge in [0.2, 0.25) is 11.8 Å². The van der Waals surface area contributed by atoms with E-state index in [1.165, 1.54) is 4.57 Å². The molecule has 0 bridgehead atoms. The van der Waals surface area contributed by atoms with Crippen molar-refractivity contribution in [2.75, 3.05) is 17.2 Å². The predicted molar refractivity (Wildman–Crippen MR) is 112 cm³/mol. The molecule has 154 valence electrons. The van der Waals surface area contributed by atoms with E-state index in [-0.39, 0.29) is 18.1 Å². The summed E-state index contributed by atoms with van der Waals surface area (Å²) in [5.41, 5.74) is 7.33. The highest BCUT2D eigenvalue weighted by molar-refractivity contribution is 5.62. The number of benzene rings is 1. The summed E-state index contributed by atoms with van der Waals surface area (Å²) >= 11 is 0. The average Bonchev–Trinajstić information content (AvgIpc) is 3.15. The van der Waals surface area contributed by atoms with Crippen molar-refractivity contribution in [1.82, 2.24) is 19.7 Å². The molecule has 1 aromatic carbocycles. The van der Waals surface area contributed by atoms with Gasteiger partial charge in [0.25, 0.3) is 5.56 Å². The summed E-state index contributed by atoms with van der Waals surface area (Å²) in [5.74, 6) is 0.912. The summed E-state index contributed by atoms with van der Waals surface area (Å²) in [6, 6.07) is 7.77. The van der Waals surface area contributed by atoms with E-state index in [1.54, 1.807) is 4.90 Å². The lowest BCUT2D eigenvalue weighted by atomic mass is 10.1. The Morgan fingerprint density at radius 2 is 2.03 bits per heavy atom. The zero-order valence-corrected chi connectivity index (χ0v) is 16.9. The molecule has 3 rings (SSSR count). The number of anilines is 2. The lowest BCUT2D eigenvalue weighted by molar-refractivity contribution is 0.498. The van der Waals surface area contributed by atoms with Gasteiger partial charge >= 0.3 is 5.69 Å². The average molecular weight is 398 g/mol. The smallest absolute Gasteiger partial charge is 0.330 e. The largest absolute Gasteiger partial charge is 0.419 e. The van der Waals surface area contributed by atoms with Crippen LogP contribution < -0.4 is 21.9 Å². The second kappa shape index (κ2) is 8.76. The highest BCUT2D eigenvalue weighted by atomic mass is 16.4. The lowest BCUT2D eigenvalue weighted by Crippen LogP contribution is -2.38. The van der Waals surface area contributed by atoms with Crippen molar-refractivity contribution in [2.24, 2.45) is 0 Å². The second-order valence-corrected chi connectivity index (χ2v) is 6.88. The van der Waals surface area contributed by atoms with Crippen LogP contribution in [0.4, 0.5) is 11.5 Å². The molecule has 0 radical (unpaired) electrons. The minimum Gasteiger partial charge on any atom is -0.419 e. The molecule has 0 aliphatic carbocycles. The van der Waals surface area contributed by atoms with E-state index in [4.69, 9.17) is 10.2 Å². The van der Waals surface area contributed by atoms with Gasteiger partial charge in [-0.15, -0.1) is 10.2 Å². The number of nitrogens with zero attached hydrogens (tertiary/aromatic N) is 4. The molecule has 2 aromatic heterocycles. The standard InChI is InChI=1S/C20H26N6O3/c1-4-6-10-26-17(21)16(18(27)22-20(26)28)25(5-2)12-15-23-24-19(29-15)14-9-7-8-13(3)11-14/h7-9,11H,4-6,10,12,21H2,1-3H3,(H,22,27,28). The van der Waals surface area contributed by atoms with Crippen molar-refractivity contribution in [3.63, 3.8) is 0 Å². The van der Waals surface area contributed by atoms with Crippen molar-refractivity contribution in [1.29, 1.82) is 0 Å². The zero-order chi connectivity index (χ0) is 21.0. The Hall–Kier alpha value is -3.36. The summed E-state index contributed by atoms with van der Waals surface area (Å²) in [6.07, 6.45) is 1.69. The molecule has 9 heteroatoms. The lowest BCUT2D eigenvalue weighted by Gasteiger charge is -2.23. The molecule has 2 heterocycles. The molecular weight excluding hydrogens is 372 g/mol. The fraction of sp³-hybridized carbons (Fsp3) is 0.400. The molecule has 9 nitrogen and oxygen atoms in total. The van der Waals surface area contributed by atoms with Gasteiger partial charge in [-0.25, -0.2) is 4.79 Å². The first-order valence-electron chi connectivity index (χ1n) is 9.71. The van der Waals surface area contributed by atoms with Gasteiger partial charge < -0.3 is 15.1 Å². The number of hydrogen-bond acceptors (Lipinski definition) is 7. The summed E-state index contributed by atoms with van der Waals surface area (Å²) in [5, 5.41) is 8.21. The third-order valence-corrected chi connectivity index (χ3v) is 4.71. The molecule has 0 saturated heterocycles. The number of aromatic amines is 1. The first-order valence-corrected chi connectivity index (χ1v) is 9.71. The summed E-state index contributed by atoms with van der Waals surface area (Å²) in [7, 11) is 0. The summed E-state index contributed by atoms with van der Waals surface area (Å²) < 4.78 is 7.19. The van der Waals surface area contributed by atoms with Gasteiger partial charge in [0, 0.05) is 18.7 Å². The van der Waals surface area contributed by atoms with Crippen LogP contribution in [0.3, 0.4) is 0 Å². The van der Waals surface area contributed by atoms with Crippen molar-refractivity contribution in [3.8, 4) is 11.5 Å². The van der Waals surface area contributed by atoms with Gasteiger partial charge in [-0.3, -0.25) is 14.3 Å². The van der Waals surface area contributed by atoms with Crippen LogP contribution in [0, 0.1) is 6.92 Å². The van der Waals surface area contributed by atoms with Crippen molar-refractivity contribution in [2.45, 2.75) is 46.7 Å². The van der Waals surface area contributed by atoms with Crippen LogP contribution >= 0.6 is 0 Å². The molecular formula is C20H26N6O3. The van der Waals surface area contributed by atoms with Crippen LogP contribution in [0.15, 0.2) is 38.3 Å². The van der Waals surface area contributed by atoms with Crippen molar-refractivity contribution >= 4 is 11.5 Å². The van der Waals surface area contributed by atoms with Gasteiger partial charge in [0.1, 0.15) is 11.5 Å². The Balaban J connectivity index is 1.91. The van der Waals surface area contributed by atoms with Gasteiger partial charge in [0.05, 0.1) is 6.54 Å². The molecule has 0 amide bonds. The number of unbranched alkanes of at least 4 members (excludes halogenated alkanes) is 1. The zero-order valence-electron chi connectivity index (χ0n) is 16.9. The molecule has 0 saturated carbocycles. The number of aromatic nitrogens is 4. The maximum absolute atomic E-state index is 12.5. The number of H-pyrrole nitrogens is 1. The van der Waals surface area contributed by atoms with E-state index in [2.05, 4.69) is 15.2 Å². The summed E-state index contributed by atoms with van der Waals surface area (Å²) in [6.45, 7) is 7.02. The number of hydrogen-bond donors (Lipinski definition) is 2. The van der Waals surface area contributed by atoms with Crippen LogP contribution in [0.2, 0.25) is 0 Å². The highest BCUT2D eigenvalue weighted by Crippen LogP contribution is 2.22. The Kier molecular flexibility index (Phi) is 6.16. The number of aryl methyl sites for hydroxylation is 1. The van der Waals surface area contributed by atoms with Crippen LogP contribution in [0.5, 0.6) is 0 Å². The Labute approximate surface area is 168 Å². The van der Waals surface area contributed by atoms with Crippen molar-refractivity contribution in [3.05, 3.63) is 56.6 Å². The minimum atomic E-state index is -0.527.